The Kier molecular flexibility index (Phi) is 11.5. The van der Waals surface area contributed by atoms with Crippen molar-refractivity contribution in [3.05, 3.63) is 12.7 Å². The van der Waals surface area contributed by atoms with Crippen LogP contribution in [0.2, 0.25) is 0 Å². The number of carbonyl (C=O) groups is 3. The van der Waals surface area contributed by atoms with Gasteiger partial charge in [-0.2, -0.15) is 0 Å². The van der Waals surface area contributed by atoms with Gasteiger partial charge in [0.15, 0.2) is 5.60 Å². The van der Waals surface area contributed by atoms with Crippen LogP contribution in [0.1, 0.15) is 70.6 Å². The van der Waals surface area contributed by atoms with Crippen molar-refractivity contribution in [2.75, 3.05) is 0 Å². The lowest BCUT2D eigenvalue weighted by molar-refractivity contribution is -0.179. The number of hydrogen-bond acceptors (Lipinski definition) is 4. The second-order valence-corrected chi connectivity index (χ2v) is 6.39. The fourth-order valence-electron chi connectivity index (χ4n) is 2.84. The summed E-state index contributed by atoms with van der Waals surface area (Å²) in [7, 11) is 0. The molecular weight excluding hydrogens is 328 g/mol. The predicted molar refractivity (Wildman–Crippen MR) is 92.3 cm³/mol. The molecule has 0 aromatic rings. The smallest absolute Gasteiger partial charge is 0.337 e. The highest BCUT2D eigenvalue weighted by molar-refractivity contribution is 5.89. The van der Waals surface area contributed by atoms with E-state index >= 15 is 0 Å². The van der Waals surface area contributed by atoms with E-state index in [1.165, 1.54) is 0 Å². The van der Waals surface area contributed by atoms with Crippen LogP contribution in [0.25, 0.3) is 0 Å². The van der Waals surface area contributed by atoms with E-state index in [-0.39, 0.29) is 6.42 Å². The minimum Gasteiger partial charge on any atom is -0.481 e. The second kappa shape index (κ2) is 12.5. The number of aliphatic carboxylic acids is 3. The van der Waals surface area contributed by atoms with Gasteiger partial charge < -0.3 is 20.4 Å². The Hall–Kier alpha value is -1.89. The van der Waals surface area contributed by atoms with E-state index in [9.17, 15) is 24.6 Å². The SMILES string of the molecule is C=CCCCCCCCCCC[C@@H](C(=O)O)[C@@](O)(CC(=O)O)C(=O)O. The molecule has 0 saturated carbocycles. The molecule has 25 heavy (non-hydrogen) atoms. The van der Waals surface area contributed by atoms with E-state index in [0.717, 1.165) is 51.4 Å². The third-order valence-corrected chi connectivity index (χ3v) is 4.32. The normalized spacial score (nSPS) is 14.4. The largest absolute Gasteiger partial charge is 0.481 e. The van der Waals surface area contributed by atoms with Gasteiger partial charge in [-0.15, -0.1) is 6.58 Å². The number of allylic oxidation sites excluding steroid dienone is 1. The molecule has 0 unspecified atom stereocenters. The molecule has 2 atom stereocenters. The summed E-state index contributed by atoms with van der Waals surface area (Å²) in [6, 6.07) is 0. The van der Waals surface area contributed by atoms with E-state index in [1.807, 2.05) is 6.08 Å². The molecule has 0 bridgehead atoms. The number of unbranched alkanes of at least 4 members (excludes halogenated alkanes) is 8. The molecule has 0 saturated heterocycles. The Morgan fingerprint density at radius 1 is 0.880 bits per heavy atom. The summed E-state index contributed by atoms with van der Waals surface area (Å²) in [6.45, 7) is 3.67. The van der Waals surface area contributed by atoms with Gasteiger partial charge >= 0.3 is 17.9 Å². The summed E-state index contributed by atoms with van der Waals surface area (Å²) in [4.78, 5) is 33.3. The van der Waals surface area contributed by atoms with Crippen LogP contribution in [0.4, 0.5) is 0 Å². The standard InChI is InChI=1S/C18H30O7/c1-2-3-4-5-6-7-8-9-10-11-12-14(16(21)22)18(25,17(23)24)13-15(19)20/h2,14,25H,1,3-13H2,(H,19,20)(H,21,22)(H,23,24)/t14-,18-/m0/s1. The maximum Gasteiger partial charge on any atom is 0.337 e. The molecule has 0 aromatic heterocycles. The first-order chi connectivity index (χ1) is 11.8. The minimum atomic E-state index is -2.79. The molecule has 0 heterocycles. The van der Waals surface area contributed by atoms with Crippen LogP contribution in [0.5, 0.6) is 0 Å². The molecule has 0 aliphatic heterocycles. The number of carboxylic acid groups (broad SMARTS) is 3. The van der Waals surface area contributed by atoms with Crippen LogP contribution in [-0.2, 0) is 14.4 Å². The van der Waals surface area contributed by atoms with E-state index in [0.29, 0.717) is 6.42 Å². The van der Waals surface area contributed by atoms with Crippen molar-refractivity contribution >= 4 is 17.9 Å². The molecule has 4 N–H and O–H groups in total. The first-order valence-corrected chi connectivity index (χ1v) is 8.77. The van der Waals surface area contributed by atoms with E-state index in [4.69, 9.17) is 10.2 Å². The maximum absolute atomic E-state index is 11.3. The summed E-state index contributed by atoms with van der Waals surface area (Å²) >= 11 is 0. The van der Waals surface area contributed by atoms with Crippen molar-refractivity contribution in [1.82, 2.24) is 0 Å². The Morgan fingerprint density at radius 3 is 1.76 bits per heavy atom. The highest BCUT2D eigenvalue weighted by Crippen LogP contribution is 2.28. The number of aliphatic hydroxyl groups is 1. The van der Waals surface area contributed by atoms with Gasteiger partial charge in [0.25, 0.3) is 0 Å². The molecule has 0 aromatic carbocycles. The molecule has 0 rings (SSSR count). The molecule has 0 fully saturated rings. The minimum absolute atomic E-state index is 0.0647. The fraction of sp³-hybridized carbons (Fsp3) is 0.722. The number of hydrogen-bond donors (Lipinski definition) is 4. The average molecular weight is 358 g/mol. The lowest BCUT2D eigenvalue weighted by Gasteiger charge is -2.28. The molecule has 0 radical (unpaired) electrons. The number of rotatable bonds is 16. The quantitative estimate of drug-likeness (QED) is 0.246. The van der Waals surface area contributed by atoms with Crippen LogP contribution in [0.3, 0.4) is 0 Å². The van der Waals surface area contributed by atoms with Gasteiger partial charge in [0.1, 0.15) is 0 Å². The Morgan fingerprint density at radius 2 is 1.36 bits per heavy atom. The zero-order valence-corrected chi connectivity index (χ0v) is 14.7. The Bertz CT molecular complexity index is 447. The molecule has 0 spiro atoms. The van der Waals surface area contributed by atoms with Crippen molar-refractivity contribution < 1.29 is 34.8 Å². The van der Waals surface area contributed by atoms with Crippen molar-refractivity contribution in [3.8, 4) is 0 Å². The van der Waals surface area contributed by atoms with Crippen molar-refractivity contribution in [2.45, 2.75) is 76.2 Å². The topological polar surface area (TPSA) is 132 Å². The first-order valence-electron chi connectivity index (χ1n) is 8.77. The lowest BCUT2D eigenvalue weighted by Crippen LogP contribution is -2.50. The Labute approximate surface area is 148 Å². The number of carboxylic acids is 3. The van der Waals surface area contributed by atoms with Gasteiger partial charge in [-0.05, 0) is 19.3 Å². The van der Waals surface area contributed by atoms with Gasteiger partial charge in [0, 0.05) is 0 Å². The monoisotopic (exact) mass is 358 g/mol. The predicted octanol–water partition coefficient (Wildman–Crippen LogP) is 3.06. The van der Waals surface area contributed by atoms with Gasteiger partial charge in [0.2, 0.25) is 0 Å². The second-order valence-electron chi connectivity index (χ2n) is 6.39. The van der Waals surface area contributed by atoms with Gasteiger partial charge in [-0.1, -0.05) is 51.0 Å². The highest BCUT2D eigenvalue weighted by atomic mass is 16.4. The first kappa shape index (κ1) is 23.1. The van der Waals surface area contributed by atoms with E-state index in [1.54, 1.807) is 0 Å². The van der Waals surface area contributed by atoms with Crippen molar-refractivity contribution in [1.29, 1.82) is 0 Å². The van der Waals surface area contributed by atoms with Gasteiger partial charge in [-0.3, -0.25) is 9.59 Å². The summed E-state index contributed by atoms with van der Waals surface area (Å²) < 4.78 is 0. The molecule has 0 aliphatic carbocycles. The average Bonchev–Trinajstić information content (AvgIpc) is 2.51. The lowest BCUT2D eigenvalue weighted by atomic mass is 9.81. The molecular formula is C18H30O7. The van der Waals surface area contributed by atoms with E-state index in [2.05, 4.69) is 6.58 Å². The summed E-state index contributed by atoms with van der Waals surface area (Å²) in [6.07, 6.45) is 9.34. The van der Waals surface area contributed by atoms with Crippen LogP contribution in [0, 0.1) is 5.92 Å². The van der Waals surface area contributed by atoms with Gasteiger partial charge in [-0.25, -0.2) is 4.79 Å². The van der Waals surface area contributed by atoms with Crippen molar-refractivity contribution in [3.63, 3.8) is 0 Å². The summed E-state index contributed by atoms with van der Waals surface area (Å²) in [5.41, 5.74) is -2.79. The van der Waals surface area contributed by atoms with Crippen LogP contribution in [-0.4, -0.2) is 43.9 Å². The van der Waals surface area contributed by atoms with Gasteiger partial charge in [0.05, 0.1) is 12.3 Å². The highest BCUT2D eigenvalue weighted by Gasteiger charge is 2.49. The van der Waals surface area contributed by atoms with E-state index < -0.39 is 35.8 Å². The molecule has 0 aliphatic rings. The Balaban J connectivity index is 4.24. The molecule has 144 valence electrons. The molecule has 7 nitrogen and oxygen atoms in total. The van der Waals surface area contributed by atoms with Crippen LogP contribution < -0.4 is 0 Å². The zero-order chi connectivity index (χ0) is 19.3. The zero-order valence-electron chi connectivity index (χ0n) is 14.7. The van der Waals surface area contributed by atoms with Crippen LogP contribution >= 0.6 is 0 Å². The maximum atomic E-state index is 11.3. The molecule has 7 heteroatoms. The fourth-order valence-corrected chi connectivity index (χ4v) is 2.84. The summed E-state index contributed by atoms with van der Waals surface area (Å²) in [5, 5.41) is 37.1. The van der Waals surface area contributed by atoms with Crippen molar-refractivity contribution in [2.24, 2.45) is 5.92 Å². The third-order valence-electron chi connectivity index (χ3n) is 4.32. The van der Waals surface area contributed by atoms with Crippen LogP contribution in [0.15, 0.2) is 12.7 Å². The third kappa shape index (κ3) is 9.24. The summed E-state index contributed by atoms with van der Waals surface area (Å²) in [5.74, 6) is -6.50. The molecule has 0 amide bonds.